The Labute approximate surface area is 108 Å². The van der Waals surface area contributed by atoms with Crippen LogP contribution in [0.1, 0.15) is 37.9 Å². The third-order valence-corrected chi connectivity index (χ3v) is 2.93. The van der Waals surface area contributed by atoms with Gasteiger partial charge in [0.25, 0.3) is 0 Å². The third kappa shape index (κ3) is 3.49. The zero-order valence-electron chi connectivity index (χ0n) is 11.1. The average molecular weight is 245 g/mol. The van der Waals surface area contributed by atoms with Crippen LogP contribution in [0.15, 0.2) is 24.3 Å². The van der Waals surface area contributed by atoms with E-state index in [1.807, 2.05) is 32.9 Å². The number of rotatable bonds is 4. The van der Waals surface area contributed by atoms with Crippen molar-refractivity contribution in [3.63, 3.8) is 0 Å². The van der Waals surface area contributed by atoms with E-state index in [1.165, 1.54) is 0 Å². The number of carbonyl (C=O) groups excluding carboxylic acids is 1. The number of carbonyl (C=O) groups is 1. The number of amides is 2. The molecule has 1 aromatic rings. The van der Waals surface area contributed by atoms with E-state index in [0.717, 1.165) is 5.56 Å². The van der Waals surface area contributed by atoms with Crippen LogP contribution in [0.5, 0.6) is 0 Å². The van der Waals surface area contributed by atoms with Crippen molar-refractivity contribution in [2.45, 2.75) is 26.8 Å². The number of nitriles is 1. The van der Waals surface area contributed by atoms with E-state index in [4.69, 9.17) is 5.26 Å². The number of nitrogens with zero attached hydrogens (tertiary/aromatic N) is 2. The fraction of sp³-hybridized carbons (Fsp3) is 0.429. The van der Waals surface area contributed by atoms with E-state index in [0.29, 0.717) is 18.7 Å². The molecule has 0 aromatic heterocycles. The van der Waals surface area contributed by atoms with Gasteiger partial charge in [0, 0.05) is 13.1 Å². The molecule has 0 radical (unpaired) electrons. The molecule has 1 rings (SSSR count). The predicted octanol–water partition coefficient (Wildman–Crippen LogP) is 2.67. The molecule has 0 spiro atoms. The Hall–Kier alpha value is -2.02. The van der Waals surface area contributed by atoms with Crippen LogP contribution in [0.25, 0.3) is 0 Å². The van der Waals surface area contributed by atoms with Gasteiger partial charge in [-0.05, 0) is 38.5 Å². The largest absolute Gasteiger partial charge is 0.331 e. The van der Waals surface area contributed by atoms with Crippen molar-refractivity contribution in [3.8, 4) is 6.07 Å². The van der Waals surface area contributed by atoms with Gasteiger partial charge < -0.3 is 10.2 Å². The minimum absolute atomic E-state index is 0.0585. The van der Waals surface area contributed by atoms with Crippen molar-refractivity contribution in [3.05, 3.63) is 35.4 Å². The second kappa shape index (κ2) is 6.65. The number of hydrogen-bond donors (Lipinski definition) is 1. The van der Waals surface area contributed by atoms with Crippen molar-refractivity contribution < 1.29 is 4.79 Å². The van der Waals surface area contributed by atoms with Crippen LogP contribution in [0.4, 0.5) is 4.79 Å². The Morgan fingerprint density at radius 3 is 2.33 bits per heavy atom. The zero-order chi connectivity index (χ0) is 13.5. The molecule has 0 aliphatic carbocycles. The Kier molecular flexibility index (Phi) is 5.19. The lowest BCUT2D eigenvalue weighted by Crippen LogP contribution is -2.40. The van der Waals surface area contributed by atoms with Gasteiger partial charge in [-0.3, -0.25) is 0 Å². The quantitative estimate of drug-likeness (QED) is 0.886. The summed E-state index contributed by atoms with van der Waals surface area (Å²) in [5, 5.41) is 11.7. The second-order valence-electron chi connectivity index (χ2n) is 4.08. The SMILES string of the molecule is CCN(CC)C(=O)NC(C)c1ccc(C#N)cc1. The molecule has 0 bridgehead atoms. The summed E-state index contributed by atoms with van der Waals surface area (Å²) in [6, 6.07) is 9.20. The van der Waals surface area contributed by atoms with Gasteiger partial charge in [-0.15, -0.1) is 0 Å². The van der Waals surface area contributed by atoms with Gasteiger partial charge >= 0.3 is 6.03 Å². The highest BCUT2D eigenvalue weighted by Gasteiger charge is 2.13. The van der Waals surface area contributed by atoms with E-state index in [9.17, 15) is 4.79 Å². The lowest BCUT2D eigenvalue weighted by atomic mass is 10.1. The Balaban J connectivity index is 2.67. The number of benzene rings is 1. The third-order valence-electron chi connectivity index (χ3n) is 2.93. The molecule has 0 heterocycles. The minimum Gasteiger partial charge on any atom is -0.331 e. The van der Waals surface area contributed by atoms with Gasteiger partial charge in [0.2, 0.25) is 0 Å². The first-order chi connectivity index (χ1) is 8.62. The number of nitrogens with one attached hydrogen (secondary N) is 1. The Morgan fingerprint density at radius 2 is 1.89 bits per heavy atom. The fourth-order valence-corrected chi connectivity index (χ4v) is 1.72. The van der Waals surface area contributed by atoms with E-state index in [-0.39, 0.29) is 12.1 Å². The first-order valence-electron chi connectivity index (χ1n) is 6.17. The van der Waals surface area contributed by atoms with Crippen molar-refractivity contribution in [1.29, 1.82) is 5.26 Å². The lowest BCUT2D eigenvalue weighted by molar-refractivity contribution is 0.200. The summed E-state index contributed by atoms with van der Waals surface area (Å²) in [4.78, 5) is 13.6. The molecule has 18 heavy (non-hydrogen) atoms. The molecule has 1 atom stereocenters. The van der Waals surface area contributed by atoms with Crippen LogP contribution >= 0.6 is 0 Å². The van der Waals surface area contributed by atoms with E-state index in [2.05, 4.69) is 11.4 Å². The highest BCUT2D eigenvalue weighted by atomic mass is 16.2. The van der Waals surface area contributed by atoms with Crippen LogP contribution in [0.3, 0.4) is 0 Å². The van der Waals surface area contributed by atoms with Gasteiger partial charge in [-0.1, -0.05) is 12.1 Å². The van der Waals surface area contributed by atoms with Crippen LogP contribution < -0.4 is 5.32 Å². The summed E-state index contributed by atoms with van der Waals surface area (Å²) in [6.07, 6.45) is 0. The zero-order valence-corrected chi connectivity index (χ0v) is 11.1. The van der Waals surface area contributed by atoms with E-state index in [1.54, 1.807) is 17.0 Å². The molecule has 0 saturated heterocycles. The van der Waals surface area contributed by atoms with E-state index >= 15 is 0 Å². The standard InChI is InChI=1S/C14H19N3O/c1-4-17(5-2)14(18)16-11(3)13-8-6-12(10-15)7-9-13/h6-9,11H,4-5H2,1-3H3,(H,16,18). The Bertz CT molecular complexity index is 429. The highest BCUT2D eigenvalue weighted by Crippen LogP contribution is 2.13. The van der Waals surface area contributed by atoms with Gasteiger partial charge in [0.15, 0.2) is 0 Å². The summed E-state index contributed by atoms with van der Waals surface area (Å²) < 4.78 is 0. The van der Waals surface area contributed by atoms with Crippen molar-refractivity contribution in [2.75, 3.05) is 13.1 Å². The summed E-state index contributed by atoms with van der Waals surface area (Å²) in [7, 11) is 0. The topological polar surface area (TPSA) is 56.1 Å². The highest BCUT2D eigenvalue weighted by molar-refractivity contribution is 5.74. The maximum atomic E-state index is 11.9. The van der Waals surface area contributed by atoms with Gasteiger partial charge in [0.1, 0.15) is 0 Å². The first-order valence-corrected chi connectivity index (χ1v) is 6.17. The summed E-state index contributed by atoms with van der Waals surface area (Å²) in [6.45, 7) is 7.23. The number of hydrogen-bond acceptors (Lipinski definition) is 2. The monoisotopic (exact) mass is 245 g/mol. The van der Waals surface area contributed by atoms with Crippen LogP contribution in [-0.4, -0.2) is 24.0 Å². The predicted molar refractivity (Wildman–Crippen MR) is 71.0 cm³/mol. The molecule has 0 aliphatic heterocycles. The Morgan fingerprint density at radius 1 is 1.33 bits per heavy atom. The normalized spacial score (nSPS) is 11.4. The fourth-order valence-electron chi connectivity index (χ4n) is 1.72. The molecule has 1 aromatic carbocycles. The van der Waals surface area contributed by atoms with Crippen LogP contribution in [0.2, 0.25) is 0 Å². The molecule has 0 aliphatic rings. The van der Waals surface area contributed by atoms with E-state index < -0.39 is 0 Å². The summed E-state index contributed by atoms with van der Waals surface area (Å²) >= 11 is 0. The lowest BCUT2D eigenvalue weighted by Gasteiger charge is -2.22. The van der Waals surface area contributed by atoms with Gasteiger partial charge in [0.05, 0.1) is 17.7 Å². The summed E-state index contributed by atoms with van der Waals surface area (Å²) in [5.41, 5.74) is 1.62. The molecule has 4 nitrogen and oxygen atoms in total. The molecule has 1 unspecified atom stereocenters. The molecule has 0 fully saturated rings. The van der Waals surface area contributed by atoms with Crippen molar-refractivity contribution in [2.24, 2.45) is 0 Å². The van der Waals surface area contributed by atoms with Crippen molar-refractivity contribution in [1.82, 2.24) is 10.2 Å². The van der Waals surface area contributed by atoms with Crippen molar-refractivity contribution >= 4 is 6.03 Å². The smallest absolute Gasteiger partial charge is 0.317 e. The van der Waals surface area contributed by atoms with Gasteiger partial charge in [-0.25, -0.2) is 4.79 Å². The molecular weight excluding hydrogens is 226 g/mol. The maximum Gasteiger partial charge on any atom is 0.317 e. The van der Waals surface area contributed by atoms with Gasteiger partial charge in [-0.2, -0.15) is 5.26 Å². The summed E-state index contributed by atoms with van der Waals surface area (Å²) in [5.74, 6) is 0. The molecular formula is C14H19N3O. The molecule has 4 heteroatoms. The number of urea groups is 1. The van der Waals surface area contributed by atoms with Crippen LogP contribution in [0, 0.1) is 11.3 Å². The molecule has 0 saturated carbocycles. The average Bonchev–Trinajstić information content (AvgIpc) is 2.40. The van der Waals surface area contributed by atoms with Crippen LogP contribution in [-0.2, 0) is 0 Å². The minimum atomic E-state index is -0.0640. The second-order valence-corrected chi connectivity index (χ2v) is 4.08. The first kappa shape index (κ1) is 14.0. The molecule has 2 amide bonds. The molecule has 96 valence electrons. The molecule has 1 N–H and O–H groups in total. The maximum absolute atomic E-state index is 11.9.